The number of carbonyl (C=O) groups is 1. The van der Waals surface area contributed by atoms with Crippen molar-refractivity contribution in [3.63, 3.8) is 0 Å². The monoisotopic (exact) mass is 798 g/mol. The van der Waals surface area contributed by atoms with E-state index in [1.165, 1.54) is 193 Å². The Morgan fingerprint density at radius 1 is 0.404 bits per heavy atom. The average Bonchev–Trinajstić information content (AvgIpc) is 3.22. The number of carbonyl (C=O) groups excluding carboxylic acids is 1. The molecule has 0 aliphatic carbocycles. The maximum absolute atomic E-state index is 12.4. The molecule has 0 saturated heterocycles. The molecule has 0 rings (SSSR count). The van der Waals surface area contributed by atoms with Gasteiger partial charge in [-0.05, 0) is 70.6 Å². The molecule has 2 atom stereocenters. The highest BCUT2D eigenvalue weighted by Gasteiger charge is 2.17. The summed E-state index contributed by atoms with van der Waals surface area (Å²) < 4.78 is 0. The van der Waals surface area contributed by atoms with E-state index in [0.717, 1.165) is 51.4 Å². The van der Waals surface area contributed by atoms with E-state index in [0.29, 0.717) is 6.42 Å². The summed E-state index contributed by atoms with van der Waals surface area (Å²) in [6, 6.07) is -0.650. The molecule has 3 N–H and O–H groups in total. The maximum Gasteiger partial charge on any atom is 0.220 e. The Morgan fingerprint density at radius 2 is 0.684 bits per heavy atom. The van der Waals surface area contributed by atoms with Gasteiger partial charge in [-0.3, -0.25) is 4.79 Å². The van der Waals surface area contributed by atoms with Gasteiger partial charge in [0.1, 0.15) is 0 Å². The summed E-state index contributed by atoms with van der Waals surface area (Å²) in [4.78, 5) is 12.4. The van der Waals surface area contributed by atoms with Gasteiger partial charge in [-0.15, -0.1) is 0 Å². The van der Waals surface area contributed by atoms with Crippen LogP contribution in [0.5, 0.6) is 0 Å². The van der Waals surface area contributed by atoms with Crippen LogP contribution >= 0.6 is 0 Å². The van der Waals surface area contributed by atoms with Crippen LogP contribution in [-0.4, -0.2) is 34.9 Å². The van der Waals surface area contributed by atoms with E-state index >= 15 is 0 Å². The number of rotatable bonds is 46. The minimum atomic E-state index is -0.874. The van der Waals surface area contributed by atoms with E-state index < -0.39 is 12.1 Å². The molecule has 0 radical (unpaired) electrons. The summed E-state index contributed by atoms with van der Waals surface area (Å²) in [6.45, 7) is 4.29. The van der Waals surface area contributed by atoms with Crippen molar-refractivity contribution in [3.05, 3.63) is 48.6 Å². The summed E-state index contributed by atoms with van der Waals surface area (Å²) >= 11 is 0. The molecule has 0 spiro atoms. The van der Waals surface area contributed by atoms with Crippen molar-refractivity contribution in [2.75, 3.05) is 6.61 Å². The van der Waals surface area contributed by atoms with E-state index in [9.17, 15) is 15.0 Å². The molecule has 0 heterocycles. The molecule has 1 amide bonds. The molecule has 2 unspecified atom stereocenters. The number of allylic oxidation sites excluding steroid dienone is 7. The predicted molar refractivity (Wildman–Crippen MR) is 253 cm³/mol. The van der Waals surface area contributed by atoms with Gasteiger partial charge in [0.25, 0.3) is 0 Å². The minimum absolute atomic E-state index is 0.0868. The van der Waals surface area contributed by atoms with Crippen LogP contribution in [0.1, 0.15) is 264 Å². The fraction of sp³-hybridized carbons (Fsp3) is 0.830. The highest BCUT2D eigenvalue weighted by molar-refractivity contribution is 5.76. The van der Waals surface area contributed by atoms with Gasteiger partial charge in [0, 0.05) is 6.42 Å². The zero-order valence-corrected chi connectivity index (χ0v) is 38.4. The van der Waals surface area contributed by atoms with Gasteiger partial charge in [0.15, 0.2) is 0 Å². The van der Waals surface area contributed by atoms with Crippen molar-refractivity contribution in [2.45, 2.75) is 276 Å². The fourth-order valence-electron chi connectivity index (χ4n) is 7.62. The number of hydrogen-bond donors (Lipinski definition) is 3. The highest BCUT2D eigenvalue weighted by atomic mass is 16.3. The molecular weight excluding hydrogens is 699 g/mol. The highest BCUT2D eigenvalue weighted by Crippen LogP contribution is 2.16. The molecule has 4 heteroatoms. The van der Waals surface area contributed by atoms with Crippen LogP contribution in [-0.2, 0) is 4.79 Å². The fourth-order valence-corrected chi connectivity index (χ4v) is 7.62. The van der Waals surface area contributed by atoms with Crippen LogP contribution in [0.3, 0.4) is 0 Å². The molecule has 0 bridgehead atoms. The molecule has 57 heavy (non-hydrogen) atoms. The van der Waals surface area contributed by atoms with Crippen LogP contribution in [0.2, 0.25) is 0 Å². The summed E-state index contributed by atoms with van der Waals surface area (Å²) in [5.41, 5.74) is 0. The summed E-state index contributed by atoms with van der Waals surface area (Å²) in [5.74, 6) is -0.0868. The third-order valence-corrected chi connectivity index (χ3v) is 11.5. The van der Waals surface area contributed by atoms with Crippen molar-refractivity contribution < 1.29 is 15.0 Å². The molecule has 0 aromatic carbocycles. The van der Waals surface area contributed by atoms with E-state index in [-0.39, 0.29) is 12.5 Å². The topological polar surface area (TPSA) is 69.6 Å². The first kappa shape index (κ1) is 55.4. The predicted octanol–water partition coefficient (Wildman–Crippen LogP) is 16.3. The van der Waals surface area contributed by atoms with E-state index in [4.69, 9.17) is 0 Å². The van der Waals surface area contributed by atoms with E-state index in [1.807, 2.05) is 6.08 Å². The second-order valence-corrected chi connectivity index (χ2v) is 17.2. The van der Waals surface area contributed by atoms with E-state index in [2.05, 4.69) is 55.6 Å². The number of amides is 1. The Labute approximate surface area is 356 Å². The largest absolute Gasteiger partial charge is 0.394 e. The van der Waals surface area contributed by atoms with Gasteiger partial charge in [-0.25, -0.2) is 0 Å². The van der Waals surface area contributed by atoms with Gasteiger partial charge < -0.3 is 15.5 Å². The van der Waals surface area contributed by atoms with Crippen molar-refractivity contribution in [1.82, 2.24) is 5.32 Å². The Hall–Kier alpha value is -1.65. The van der Waals surface area contributed by atoms with Crippen LogP contribution in [0, 0.1) is 0 Å². The average molecular weight is 798 g/mol. The Bertz CT molecular complexity index is 908. The third kappa shape index (κ3) is 45.3. The summed E-state index contributed by atoms with van der Waals surface area (Å²) in [7, 11) is 0. The lowest BCUT2D eigenvalue weighted by Gasteiger charge is -2.19. The Kier molecular flexibility index (Phi) is 47.3. The summed E-state index contributed by atoms with van der Waals surface area (Å²) in [6.07, 6.45) is 66.9. The maximum atomic E-state index is 12.4. The molecule has 0 aliphatic heterocycles. The van der Waals surface area contributed by atoms with Gasteiger partial charge in [-0.1, -0.05) is 236 Å². The second kappa shape index (κ2) is 48.7. The van der Waals surface area contributed by atoms with Gasteiger partial charge in [0.2, 0.25) is 5.91 Å². The molecule has 0 aliphatic rings. The zero-order chi connectivity index (χ0) is 41.4. The van der Waals surface area contributed by atoms with Gasteiger partial charge in [-0.2, -0.15) is 0 Å². The van der Waals surface area contributed by atoms with Crippen LogP contribution in [0.4, 0.5) is 0 Å². The molecule has 0 aromatic heterocycles. The van der Waals surface area contributed by atoms with Crippen LogP contribution in [0.15, 0.2) is 48.6 Å². The first-order chi connectivity index (χ1) is 28.2. The Balaban J connectivity index is 3.55. The van der Waals surface area contributed by atoms with Crippen LogP contribution < -0.4 is 5.32 Å². The van der Waals surface area contributed by atoms with Crippen molar-refractivity contribution >= 4 is 5.91 Å². The first-order valence-electron chi connectivity index (χ1n) is 25.4. The first-order valence-corrected chi connectivity index (χ1v) is 25.4. The number of hydrogen-bond acceptors (Lipinski definition) is 3. The normalized spacial score (nSPS) is 13.3. The molecule has 4 nitrogen and oxygen atoms in total. The molecule has 0 fully saturated rings. The summed E-state index contributed by atoms with van der Waals surface area (Å²) in [5, 5.41) is 23.0. The lowest BCUT2D eigenvalue weighted by Crippen LogP contribution is -2.45. The number of aliphatic hydroxyl groups excluding tert-OH is 2. The molecule has 334 valence electrons. The number of unbranched alkanes of at least 4 members (excludes halogenated alkanes) is 33. The lowest BCUT2D eigenvalue weighted by molar-refractivity contribution is -0.123. The minimum Gasteiger partial charge on any atom is -0.394 e. The van der Waals surface area contributed by atoms with Crippen molar-refractivity contribution in [3.8, 4) is 0 Å². The van der Waals surface area contributed by atoms with Crippen molar-refractivity contribution in [1.29, 1.82) is 0 Å². The van der Waals surface area contributed by atoms with Gasteiger partial charge >= 0.3 is 0 Å². The molecular formula is C53H99NO3. The van der Waals surface area contributed by atoms with E-state index in [1.54, 1.807) is 6.08 Å². The SMILES string of the molecule is CCCCCCC/C=C\CCCCCCCC(=O)NC(CO)C(O)/C=C/CC/C=C/CC/C=C/CCCCCCCCCCCCCCCCCCCCCCC. The molecule has 0 saturated carbocycles. The number of nitrogens with one attached hydrogen (secondary N) is 1. The lowest BCUT2D eigenvalue weighted by atomic mass is 10.0. The third-order valence-electron chi connectivity index (χ3n) is 11.5. The standard InChI is InChI=1S/C53H99NO3/c1-3-5-7-9-11-13-15-17-19-20-21-22-23-24-25-26-27-28-29-30-31-32-33-34-35-36-38-40-42-44-46-48-52(56)51(50-55)54-53(57)49-47-45-43-41-39-37-18-16-14-12-10-8-6-4-2/h16,18,33-34,38,40,46,48,51-52,55-56H,3-15,17,19-32,35-37,39,41-45,47,49-50H2,1-2H3,(H,54,57)/b18-16-,34-33+,40-38+,48-46+. The second-order valence-electron chi connectivity index (χ2n) is 17.2. The quantitative estimate of drug-likeness (QED) is 0.0424. The van der Waals surface area contributed by atoms with Crippen LogP contribution in [0.25, 0.3) is 0 Å². The number of aliphatic hydroxyl groups is 2. The molecule has 0 aromatic rings. The Morgan fingerprint density at radius 3 is 1.02 bits per heavy atom. The smallest absolute Gasteiger partial charge is 0.220 e. The van der Waals surface area contributed by atoms with Gasteiger partial charge in [0.05, 0.1) is 18.8 Å². The van der Waals surface area contributed by atoms with Crippen molar-refractivity contribution in [2.24, 2.45) is 0 Å². The zero-order valence-electron chi connectivity index (χ0n) is 38.4.